The minimum Gasteiger partial charge on any atom is -0.456 e. The summed E-state index contributed by atoms with van der Waals surface area (Å²) in [5.74, 6) is -1.23. The first-order valence-electron chi connectivity index (χ1n) is 3.79. The predicted molar refractivity (Wildman–Crippen MR) is 52.4 cm³/mol. The molecule has 15 heavy (non-hydrogen) atoms. The Morgan fingerprint density at radius 3 is 2.00 bits per heavy atom. The van der Waals surface area contributed by atoms with Crippen molar-refractivity contribution in [3.8, 4) is 0 Å². The fourth-order valence-corrected chi connectivity index (χ4v) is 0.511. The molecule has 0 aliphatic carbocycles. The molecule has 0 atom stereocenters. The van der Waals surface area contributed by atoms with Crippen LogP contribution < -0.4 is 0 Å². The molecule has 0 aliphatic rings. The van der Waals surface area contributed by atoms with Gasteiger partial charge in [-0.25, -0.2) is 4.79 Å². The van der Waals surface area contributed by atoms with Gasteiger partial charge in [0.1, 0.15) is 5.60 Å². The molecule has 0 aliphatic heterocycles. The predicted octanol–water partition coefficient (Wildman–Crippen LogP) is 0.847. The molecular weight excluding hydrogens is 192 g/mol. The minimum absolute atomic E-state index is 0.127. The van der Waals surface area contributed by atoms with Crippen molar-refractivity contribution in [2.24, 2.45) is 0 Å². The summed E-state index contributed by atoms with van der Waals surface area (Å²) < 4.78 is 8.97. The lowest BCUT2D eigenvalue weighted by atomic mass is 10.1. The molecule has 0 aromatic rings. The van der Waals surface area contributed by atoms with Gasteiger partial charge in [0.2, 0.25) is 0 Å². The smallest absolute Gasteiger partial charge is 0.339 e. The molecule has 0 rings (SSSR count). The van der Waals surface area contributed by atoms with E-state index in [0.29, 0.717) is 0 Å². The lowest BCUT2D eigenvalue weighted by molar-refractivity contribution is -0.167. The summed E-state index contributed by atoms with van der Waals surface area (Å²) in [5, 5.41) is 0. The average molecular weight is 202 g/mol. The highest BCUT2D eigenvalue weighted by atomic mass is 16.6. The van der Waals surface area contributed by atoms with E-state index >= 15 is 0 Å². The minimum atomic E-state index is -2.24. The molecule has 76 valence electrons. The molecule has 0 fully saturated rings. The summed E-state index contributed by atoms with van der Waals surface area (Å²) in [5.41, 5.74) is -4.29. The van der Waals surface area contributed by atoms with E-state index in [9.17, 15) is 4.79 Å². The van der Waals surface area contributed by atoms with Gasteiger partial charge in [0.25, 0.3) is 0 Å². The number of hydrogen-bond donors (Lipinski definition) is 0. The van der Waals surface area contributed by atoms with Crippen LogP contribution in [0.3, 0.4) is 0 Å². The summed E-state index contributed by atoms with van der Waals surface area (Å²) >= 11 is 0. The second-order valence-corrected chi connectivity index (χ2v) is 2.98. The number of rotatable bonds is 5. The van der Waals surface area contributed by atoms with Gasteiger partial charge < -0.3 is 9.47 Å². The largest absolute Gasteiger partial charge is 0.456 e. The van der Waals surface area contributed by atoms with Crippen LogP contribution in [-0.2, 0) is 14.3 Å². The molecule has 0 aromatic heterocycles. The molecule has 0 spiro atoms. The lowest BCUT2D eigenvalue weighted by Crippen LogP contribution is -2.42. The van der Waals surface area contributed by atoms with Crippen molar-refractivity contribution in [2.75, 3.05) is 6.61 Å². The highest BCUT2D eigenvalue weighted by Crippen LogP contribution is 2.16. The Kier molecular flexibility index (Phi) is 4.53. The summed E-state index contributed by atoms with van der Waals surface area (Å²) in [6.07, 6.45) is 0. The first kappa shape index (κ1) is 14.2. The van der Waals surface area contributed by atoms with E-state index in [1.54, 1.807) is 0 Å². The highest BCUT2D eigenvalue weighted by molar-refractivity contribution is 5.82. The number of hydrogen-bond acceptors (Lipinski definition) is 3. The van der Waals surface area contributed by atoms with Gasteiger partial charge in [-0.3, -0.25) is 0 Å². The number of carbonyl (C=O) groups is 1. The molecule has 0 bridgehead atoms. The van der Waals surface area contributed by atoms with Crippen molar-refractivity contribution in [2.45, 2.75) is 11.2 Å². The zero-order valence-corrected chi connectivity index (χ0v) is 8.10. The van der Waals surface area contributed by atoms with Crippen LogP contribution in [0, 0.1) is 41.5 Å². The Balaban J connectivity index is 4.32. The Hall–Kier alpha value is -0.830. The van der Waals surface area contributed by atoms with Crippen molar-refractivity contribution in [3.63, 3.8) is 0 Å². The number of esters is 1. The molecular formula is C12H10O3. The average Bonchev–Trinajstić information content (AvgIpc) is 1.97. The zero-order valence-electron chi connectivity index (χ0n) is 8.10. The van der Waals surface area contributed by atoms with Gasteiger partial charge in [-0.05, 0) is 12.5 Å². The van der Waals surface area contributed by atoms with Gasteiger partial charge >= 0.3 is 5.97 Å². The van der Waals surface area contributed by atoms with Gasteiger partial charge in [-0.2, -0.15) is 0 Å². The summed E-state index contributed by atoms with van der Waals surface area (Å²) in [4.78, 5) is 11.2. The van der Waals surface area contributed by atoms with Crippen LogP contribution >= 0.6 is 0 Å². The third-order valence-electron chi connectivity index (χ3n) is 1.08. The van der Waals surface area contributed by atoms with Crippen LogP contribution in [0.15, 0.2) is 12.2 Å². The lowest BCUT2D eigenvalue weighted by Gasteiger charge is -2.27. The van der Waals surface area contributed by atoms with E-state index in [1.165, 1.54) is 0 Å². The van der Waals surface area contributed by atoms with Crippen LogP contribution in [0.4, 0.5) is 0 Å². The van der Waals surface area contributed by atoms with Crippen LogP contribution in [0.2, 0.25) is 0 Å². The quantitative estimate of drug-likeness (QED) is 0.620. The SMILES string of the molecule is [CH]C(=C)COC([CH])([CH])C(=O)OC([CH])([CH])[CH]. The molecule has 3 heteroatoms. The topological polar surface area (TPSA) is 35.5 Å². The molecule has 0 unspecified atom stereocenters. The Morgan fingerprint density at radius 1 is 1.20 bits per heavy atom. The van der Waals surface area contributed by atoms with Gasteiger partial charge in [0.15, 0.2) is 5.60 Å². The Labute approximate surface area is 92.5 Å². The monoisotopic (exact) mass is 202 g/mol. The normalized spacial score (nSPS) is 12.4. The van der Waals surface area contributed by atoms with Gasteiger partial charge in [-0.15, -0.1) is 0 Å². The second kappa shape index (κ2) is 4.79. The first-order valence-corrected chi connectivity index (χ1v) is 3.79. The van der Waals surface area contributed by atoms with Crippen molar-refractivity contribution in [3.05, 3.63) is 53.7 Å². The molecule has 3 nitrogen and oxygen atoms in total. The van der Waals surface area contributed by atoms with E-state index in [4.69, 9.17) is 41.5 Å². The van der Waals surface area contributed by atoms with Gasteiger partial charge in [0, 0.05) is 34.6 Å². The van der Waals surface area contributed by atoms with Crippen LogP contribution in [0.5, 0.6) is 0 Å². The Bertz CT molecular complexity index is 246. The Morgan fingerprint density at radius 2 is 1.67 bits per heavy atom. The standard InChI is InChI=1S/C12H10O3/c1-9(2)8-14-12(6,7)10(13)15-11(3,4)5/h1,3-7H,2,8H2. The maximum atomic E-state index is 11.2. The fourth-order valence-electron chi connectivity index (χ4n) is 0.511. The fraction of sp³-hybridized carbons (Fsp3) is 0.250. The molecule has 0 aromatic carbocycles. The van der Waals surface area contributed by atoms with Crippen LogP contribution in [0.25, 0.3) is 0 Å². The zero-order chi connectivity index (χ0) is 12.3. The van der Waals surface area contributed by atoms with E-state index in [-0.39, 0.29) is 12.2 Å². The van der Waals surface area contributed by atoms with Crippen molar-refractivity contribution in [1.82, 2.24) is 0 Å². The highest BCUT2D eigenvalue weighted by Gasteiger charge is 2.34. The molecule has 0 heterocycles. The maximum Gasteiger partial charge on any atom is 0.339 e. The van der Waals surface area contributed by atoms with Gasteiger partial charge in [0.05, 0.1) is 6.61 Å². The molecule has 0 N–H and O–H groups in total. The first-order chi connectivity index (χ1) is 6.54. The molecule has 0 saturated carbocycles. The van der Waals surface area contributed by atoms with Crippen LogP contribution in [-0.4, -0.2) is 23.8 Å². The molecule has 0 amide bonds. The second-order valence-electron chi connectivity index (χ2n) is 2.98. The van der Waals surface area contributed by atoms with E-state index < -0.39 is 17.2 Å². The van der Waals surface area contributed by atoms with E-state index in [0.717, 1.165) is 0 Å². The molecule has 0 saturated heterocycles. The van der Waals surface area contributed by atoms with Crippen molar-refractivity contribution >= 4 is 5.97 Å². The molecule has 12 radical (unpaired) electrons. The van der Waals surface area contributed by atoms with Crippen molar-refractivity contribution in [1.29, 1.82) is 0 Å². The third kappa shape index (κ3) is 6.28. The summed E-state index contributed by atoms with van der Waals surface area (Å²) in [7, 11) is 0. The third-order valence-corrected chi connectivity index (χ3v) is 1.08. The summed E-state index contributed by atoms with van der Waals surface area (Å²) in [6, 6.07) is 0. The van der Waals surface area contributed by atoms with Crippen molar-refractivity contribution < 1.29 is 14.3 Å². The van der Waals surface area contributed by atoms with E-state index in [1.807, 2.05) is 0 Å². The summed E-state index contributed by atoms with van der Waals surface area (Å²) in [6.45, 7) is 33.7. The van der Waals surface area contributed by atoms with E-state index in [2.05, 4.69) is 16.1 Å². The maximum absolute atomic E-state index is 11.2. The van der Waals surface area contributed by atoms with Gasteiger partial charge in [-0.1, -0.05) is 6.58 Å². The number of carbonyl (C=O) groups excluding carboxylic acids is 1. The van der Waals surface area contributed by atoms with Crippen LogP contribution in [0.1, 0.15) is 0 Å². The number of ether oxygens (including phenoxy) is 2.